The van der Waals surface area contributed by atoms with E-state index in [1.54, 1.807) is 32.7 Å². The quantitative estimate of drug-likeness (QED) is 0.575. The Labute approximate surface area is 175 Å². The minimum absolute atomic E-state index is 0.0718. The van der Waals surface area contributed by atoms with Crippen molar-refractivity contribution >= 4 is 5.91 Å². The summed E-state index contributed by atoms with van der Waals surface area (Å²) in [6, 6.07) is 8.90. The molecule has 3 rings (SSSR count). The van der Waals surface area contributed by atoms with Crippen molar-refractivity contribution < 1.29 is 18.8 Å². The third-order valence-electron chi connectivity index (χ3n) is 4.72. The Kier molecular flexibility index (Phi) is 7.00. The lowest BCUT2D eigenvalue weighted by molar-refractivity contribution is -0.122. The molecule has 0 radical (unpaired) electrons. The van der Waals surface area contributed by atoms with E-state index in [2.05, 4.69) is 20.4 Å². The van der Waals surface area contributed by atoms with E-state index < -0.39 is 0 Å². The summed E-state index contributed by atoms with van der Waals surface area (Å²) in [4.78, 5) is 21.2. The molecular formula is C22H26N4O4. The van der Waals surface area contributed by atoms with Crippen LogP contribution in [0, 0.1) is 5.92 Å². The van der Waals surface area contributed by atoms with E-state index in [9.17, 15) is 4.79 Å². The summed E-state index contributed by atoms with van der Waals surface area (Å²) in [6.45, 7) is 3.98. The van der Waals surface area contributed by atoms with E-state index in [1.807, 2.05) is 38.1 Å². The highest BCUT2D eigenvalue weighted by Crippen LogP contribution is 2.31. The monoisotopic (exact) mass is 410 g/mol. The van der Waals surface area contributed by atoms with Gasteiger partial charge in [-0.15, -0.1) is 0 Å². The largest absolute Gasteiger partial charge is 0.493 e. The molecule has 2 aromatic heterocycles. The molecule has 0 saturated heterocycles. The fourth-order valence-corrected chi connectivity index (χ4v) is 3.13. The summed E-state index contributed by atoms with van der Waals surface area (Å²) >= 11 is 0. The van der Waals surface area contributed by atoms with Crippen LogP contribution >= 0.6 is 0 Å². The van der Waals surface area contributed by atoms with Gasteiger partial charge in [0.1, 0.15) is 6.04 Å². The van der Waals surface area contributed by atoms with Crippen molar-refractivity contribution in [1.29, 1.82) is 0 Å². The van der Waals surface area contributed by atoms with Crippen LogP contribution in [0.2, 0.25) is 0 Å². The fourth-order valence-electron chi connectivity index (χ4n) is 3.13. The highest BCUT2D eigenvalue weighted by Gasteiger charge is 2.25. The average Bonchev–Trinajstić information content (AvgIpc) is 3.25. The smallest absolute Gasteiger partial charge is 0.249 e. The number of amides is 1. The Balaban J connectivity index is 1.68. The Hall–Kier alpha value is -3.42. The number of aryl methyl sites for hydroxylation is 1. The lowest BCUT2D eigenvalue weighted by Gasteiger charge is -2.19. The second-order valence-corrected chi connectivity index (χ2v) is 7.14. The number of rotatable bonds is 9. The summed E-state index contributed by atoms with van der Waals surface area (Å²) in [5.74, 6) is 2.06. The standard InChI is InChI=1S/C22H26N4O4/c1-14(2)19(22-25-21(26-30-22)16-8-6-12-23-13-16)24-18(27)11-10-15-7-5-9-17(28-3)20(15)29-4/h5-9,12-14,19H,10-11H2,1-4H3,(H,24,27). The maximum absolute atomic E-state index is 12.7. The first-order chi connectivity index (χ1) is 14.5. The molecule has 3 aromatic rings. The average molecular weight is 410 g/mol. The maximum atomic E-state index is 12.7. The van der Waals surface area contributed by atoms with Gasteiger partial charge < -0.3 is 19.3 Å². The first kappa shape index (κ1) is 21.3. The first-order valence-electron chi connectivity index (χ1n) is 9.76. The molecule has 0 fully saturated rings. The molecule has 1 unspecified atom stereocenters. The number of carbonyl (C=O) groups excluding carboxylic acids is 1. The molecular weight excluding hydrogens is 384 g/mol. The normalized spacial score (nSPS) is 11.9. The molecule has 30 heavy (non-hydrogen) atoms. The highest BCUT2D eigenvalue weighted by molar-refractivity contribution is 5.76. The van der Waals surface area contributed by atoms with Crippen LogP contribution in [0.3, 0.4) is 0 Å². The molecule has 0 bridgehead atoms. The van der Waals surface area contributed by atoms with Crippen LogP contribution in [0.15, 0.2) is 47.2 Å². The van der Waals surface area contributed by atoms with E-state index in [0.717, 1.165) is 11.1 Å². The summed E-state index contributed by atoms with van der Waals surface area (Å²) in [7, 11) is 3.18. The number of ether oxygens (including phenoxy) is 2. The zero-order valence-corrected chi connectivity index (χ0v) is 17.6. The van der Waals surface area contributed by atoms with Crippen molar-refractivity contribution in [3.05, 3.63) is 54.2 Å². The van der Waals surface area contributed by atoms with Gasteiger partial charge in [-0.3, -0.25) is 9.78 Å². The summed E-state index contributed by atoms with van der Waals surface area (Å²) in [6.07, 6.45) is 4.15. The van der Waals surface area contributed by atoms with Gasteiger partial charge in [-0.25, -0.2) is 0 Å². The molecule has 1 amide bonds. The molecule has 158 valence electrons. The van der Waals surface area contributed by atoms with Gasteiger partial charge in [-0.2, -0.15) is 4.98 Å². The topological polar surface area (TPSA) is 99.4 Å². The van der Waals surface area contributed by atoms with Gasteiger partial charge in [0.15, 0.2) is 11.5 Å². The minimum atomic E-state index is -0.386. The molecule has 0 aliphatic carbocycles. The number of nitrogens with one attached hydrogen (secondary N) is 1. The van der Waals surface area contributed by atoms with Crippen LogP contribution < -0.4 is 14.8 Å². The van der Waals surface area contributed by atoms with Crippen LogP contribution in [0.1, 0.15) is 37.8 Å². The van der Waals surface area contributed by atoms with Crippen molar-refractivity contribution in [3.63, 3.8) is 0 Å². The second-order valence-electron chi connectivity index (χ2n) is 7.14. The highest BCUT2D eigenvalue weighted by atomic mass is 16.5. The number of hydrogen-bond donors (Lipinski definition) is 1. The van der Waals surface area contributed by atoms with Crippen LogP contribution in [-0.4, -0.2) is 35.3 Å². The van der Waals surface area contributed by atoms with Gasteiger partial charge in [0.2, 0.25) is 17.6 Å². The fraction of sp³-hybridized carbons (Fsp3) is 0.364. The SMILES string of the molecule is COc1cccc(CCC(=O)NC(c2nc(-c3cccnc3)no2)C(C)C)c1OC. The van der Waals surface area contributed by atoms with E-state index >= 15 is 0 Å². The number of pyridine rings is 1. The molecule has 0 spiro atoms. The molecule has 0 saturated carbocycles. The molecule has 8 heteroatoms. The Morgan fingerprint density at radius 2 is 2.00 bits per heavy atom. The number of para-hydroxylation sites is 1. The van der Waals surface area contributed by atoms with Crippen molar-refractivity contribution in [2.75, 3.05) is 14.2 Å². The maximum Gasteiger partial charge on any atom is 0.249 e. The summed E-state index contributed by atoms with van der Waals surface area (Å²) in [5.41, 5.74) is 1.66. The first-order valence-corrected chi connectivity index (χ1v) is 9.76. The molecule has 0 aliphatic heterocycles. The zero-order valence-electron chi connectivity index (χ0n) is 17.6. The van der Waals surface area contributed by atoms with Crippen molar-refractivity contribution in [3.8, 4) is 22.9 Å². The summed E-state index contributed by atoms with van der Waals surface area (Å²) < 4.78 is 16.2. The van der Waals surface area contributed by atoms with Gasteiger partial charge in [0, 0.05) is 24.4 Å². The Morgan fingerprint density at radius 1 is 1.17 bits per heavy atom. The van der Waals surface area contributed by atoms with Gasteiger partial charge in [-0.05, 0) is 36.1 Å². The molecule has 2 heterocycles. The number of aromatic nitrogens is 3. The van der Waals surface area contributed by atoms with Crippen molar-refractivity contribution in [1.82, 2.24) is 20.4 Å². The number of benzene rings is 1. The predicted octanol–water partition coefficient (Wildman–Crippen LogP) is 3.59. The number of nitrogens with zero attached hydrogens (tertiary/aromatic N) is 3. The zero-order chi connectivity index (χ0) is 21.5. The molecule has 1 atom stereocenters. The molecule has 1 N–H and O–H groups in total. The van der Waals surface area contributed by atoms with Gasteiger partial charge in [0.05, 0.1) is 14.2 Å². The predicted molar refractivity (Wildman–Crippen MR) is 111 cm³/mol. The van der Waals surface area contributed by atoms with Crippen LogP contribution in [-0.2, 0) is 11.2 Å². The van der Waals surface area contributed by atoms with E-state index in [0.29, 0.717) is 29.6 Å². The molecule has 0 aliphatic rings. The Bertz CT molecular complexity index is 972. The number of carbonyl (C=O) groups is 1. The van der Waals surface area contributed by atoms with Gasteiger partial charge >= 0.3 is 0 Å². The lowest BCUT2D eigenvalue weighted by Crippen LogP contribution is -2.32. The van der Waals surface area contributed by atoms with E-state index in [4.69, 9.17) is 14.0 Å². The van der Waals surface area contributed by atoms with E-state index in [-0.39, 0.29) is 24.3 Å². The number of hydrogen-bond acceptors (Lipinski definition) is 7. The van der Waals surface area contributed by atoms with Crippen LogP contribution in [0.25, 0.3) is 11.4 Å². The minimum Gasteiger partial charge on any atom is -0.493 e. The van der Waals surface area contributed by atoms with Crippen molar-refractivity contribution in [2.45, 2.75) is 32.7 Å². The lowest BCUT2D eigenvalue weighted by atomic mass is 10.0. The second kappa shape index (κ2) is 9.87. The number of methoxy groups -OCH3 is 2. The third-order valence-corrected chi connectivity index (χ3v) is 4.72. The van der Waals surface area contributed by atoms with Crippen LogP contribution in [0.5, 0.6) is 11.5 Å². The van der Waals surface area contributed by atoms with Crippen LogP contribution in [0.4, 0.5) is 0 Å². The van der Waals surface area contributed by atoms with Gasteiger partial charge in [-0.1, -0.05) is 31.1 Å². The molecule has 1 aromatic carbocycles. The van der Waals surface area contributed by atoms with Crippen molar-refractivity contribution in [2.24, 2.45) is 5.92 Å². The Morgan fingerprint density at radius 3 is 2.67 bits per heavy atom. The summed E-state index contributed by atoms with van der Waals surface area (Å²) in [5, 5.41) is 7.04. The molecule has 8 nitrogen and oxygen atoms in total. The third kappa shape index (κ3) is 4.94. The van der Waals surface area contributed by atoms with E-state index in [1.165, 1.54) is 0 Å². The van der Waals surface area contributed by atoms with Gasteiger partial charge in [0.25, 0.3) is 0 Å².